The van der Waals surface area contributed by atoms with Gasteiger partial charge in [0, 0.05) is 13.0 Å². The fourth-order valence-electron chi connectivity index (χ4n) is 2.60. The minimum absolute atomic E-state index is 0.109. The predicted molar refractivity (Wildman–Crippen MR) is 80.5 cm³/mol. The molecule has 0 aliphatic rings. The number of carbonyl (C=O) groups excluding carboxylic acids is 2. The van der Waals surface area contributed by atoms with Crippen molar-refractivity contribution in [2.75, 3.05) is 13.7 Å². The zero-order chi connectivity index (χ0) is 16.3. The predicted octanol–water partition coefficient (Wildman–Crippen LogP) is 1.61. The number of rotatable bonds is 5. The van der Waals surface area contributed by atoms with Crippen molar-refractivity contribution in [3.63, 3.8) is 0 Å². The van der Waals surface area contributed by atoms with Crippen molar-refractivity contribution in [3.8, 4) is 0 Å². The summed E-state index contributed by atoms with van der Waals surface area (Å²) >= 11 is 0. The van der Waals surface area contributed by atoms with E-state index in [2.05, 4.69) is 4.57 Å². The van der Waals surface area contributed by atoms with E-state index in [0.29, 0.717) is 12.2 Å². The summed E-state index contributed by atoms with van der Waals surface area (Å²) in [7, 11) is 1.36. The summed E-state index contributed by atoms with van der Waals surface area (Å²) in [4.78, 5) is 23.6. The second-order valence-electron chi connectivity index (χ2n) is 4.88. The molecule has 6 heteroatoms. The standard InChI is InChI=1S/C16H21N2O4/c1-5-17-11(3)18(10-15(19)21-4)14-9-12(7-8-13(14)17)16(20)22-6-2/h7-9H,5-6,10H2,1-4H3/q+1. The lowest BCUT2D eigenvalue weighted by Crippen LogP contribution is -2.35. The molecule has 1 heterocycles. The summed E-state index contributed by atoms with van der Waals surface area (Å²) in [6.07, 6.45) is 0. The van der Waals surface area contributed by atoms with Crippen LogP contribution in [0, 0.1) is 6.92 Å². The Morgan fingerprint density at radius 1 is 1.27 bits per heavy atom. The lowest BCUT2D eigenvalue weighted by molar-refractivity contribution is -0.674. The number of aromatic nitrogens is 2. The molecule has 0 atom stereocenters. The highest BCUT2D eigenvalue weighted by atomic mass is 16.5. The van der Waals surface area contributed by atoms with Crippen molar-refractivity contribution in [1.82, 2.24) is 4.57 Å². The van der Waals surface area contributed by atoms with Gasteiger partial charge in [-0.3, -0.25) is 0 Å². The molecule has 1 aromatic heterocycles. The number of aryl methyl sites for hydroxylation is 1. The van der Waals surface area contributed by atoms with E-state index in [-0.39, 0.29) is 18.5 Å². The van der Waals surface area contributed by atoms with Gasteiger partial charge in [0.15, 0.2) is 17.6 Å². The molecule has 2 aromatic rings. The van der Waals surface area contributed by atoms with Crippen LogP contribution in [0.5, 0.6) is 0 Å². The second kappa shape index (κ2) is 6.60. The molecular formula is C16H21N2O4+. The van der Waals surface area contributed by atoms with Crippen LogP contribution in [0.4, 0.5) is 0 Å². The first-order chi connectivity index (χ1) is 10.5. The van der Waals surface area contributed by atoms with Crippen molar-refractivity contribution < 1.29 is 23.6 Å². The van der Waals surface area contributed by atoms with E-state index in [1.54, 1.807) is 19.1 Å². The van der Waals surface area contributed by atoms with Crippen LogP contribution in [-0.2, 0) is 27.4 Å². The van der Waals surface area contributed by atoms with Crippen LogP contribution in [0.25, 0.3) is 11.0 Å². The zero-order valence-electron chi connectivity index (χ0n) is 13.4. The Bertz CT molecular complexity index is 718. The molecule has 118 valence electrons. The first-order valence-electron chi connectivity index (χ1n) is 7.30. The Morgan fingerprint density at radius 2 is 2.00 bits per heavy atom. The van der Waals surface area contributed by atoms with E-state index in [0.717, 1.165) is 23.4 Å². The Labute approximate surface area is 129 Å². The van der Waals surface area contributed by atoms with Crippen LogP contribution >= 0.6 is 0 Å². The van der Waals surface area contributed by atoms with Crippen LogP contribution < -0.4 is 4.57 Å². The average Bonchev–Trinajstić information content (AvgIpc) is 2.78. The van der Waals surface area contributed by atoms with Gasteiger partial charge in [0.1, 0.15) is 0 Å². The van der Waals surface area contributed by atoms with Gasteiger partial charge in [0.05, 0.1) is 25.8 Å². The Hall–Kier alpha value is -2.37. The summed E-state index contributed by atoms with van der Waals surface area (Å²) in [6.45, 7) is 6.96. The number of imidazole rings is 1. The minimum Gasteiger partial charge on any atom is -0.466 e. The van der Waals surface area contributed by atoms with Crippen molar-refractivity contribution in [1.29, 1.82) is 0 Å². The maximum atomic E-state index is 11.9. The van der Waals surface area contributed by atoms with E-state index >= 15 is 0 Å². The van der Waals surface area contributed by atoms with Gasteiger partial charge in [0.2, 0.25) is 0 Å². The van der Waals surface area contributed by atoms with E-state index in [1.165, 1.54) is 7.11 Å². The van der Waals surface area contributed by atoms with Gasteiger partial charge in [-0.2, -0.15) is 0 Å². The molecular weight excluding hydrogens is 284 g/mol. The van der Waals surface area contributed by atoms with Crippen LogP contribution in [0.3, 0.4) is 0 Å². The molecule has 0 fully saturated rings. The van der Waals surface area contributed by atoms with Gasteiger partial charge in [-0.1, -0.05) is 0 Å². The highest BCUT2D eigenvalue weighted by Crippen LogP contribution is 2.17. The van der Waals surface area contributed by atoms with Crippen molar-refractivity contribution >= 4 is 23.0 Å². The summed E-state index contributed by atoms with van der Waals surface area (Å²) in [5.74, 6) is 0.240. The highest BCUT2D eigenvalue weighted by molar-refractivity contribution is 5.93. The minimum atomic E-state index is -0.365. The molecule has 1 aromatic carbocycles. The number of fused-ring (bicyclic) bond motifs is 1. The van der Waals surface area contributed by atoms with E-state index in [4.69, 9.17) is 9.47 Å². The Kier molecular flexibility index (Phi) is 4.80. The summed E-state index contributed by atoms with van der Waals surface area (Å²) in [5, 5.41) is 0. The number of carbonyl (C=O) groups is 2. The second-order valence-corrected chi connectivity index (χ2v) is 4.88. The van der Waals surface area contributed by atoms with Crippen LogP contribution in [-0.4, -0.2) is 30.2 Å². The molecule has 0 amide bonds. The Balaban J connectivity index is 2.60. The third-order valence-corrected chi connectivity index (χ3v) is 3.68. The molecule has 0 saturated heterocycles. The lowest BCUT2D eigenvalue weighted by atomic mass is 10.2. The van der Waals surface area contributed by atoms with Crippen molar-refractivity contribution in [2.45, 2.75) is 33.9 Å². The van der Waals surface area contributed by atoms with Crippen molar-refractivity contribution in [3.05, 3.63) is 29.6 Å². The smallest absolute Gasteiger partial charge is 0.348 e. The number of hydrogen-bond acceptors (Lipinski definition) is 4. The van der Waals surface area contributed by atoms with Crippen molar-refractivity contribution in [2.24, 2.45) is 0 Å². The highest BCUT2D eigenvalue weighted by Gasteiger charge is 2.24. The summed E-state index contributed by atoms with van der Waals surface area (Å²) in [5.41, 5.74) is 2.26. The van der Waals surface area contributed by atoms with Gasteiger partial charge < -0.3 is 9.47 Å². The van der Waals surface area contributed by atoms with Gasteiger partial charge >= 0.3 is 11.9 Å². The number of hydrogen-bond donors (Lipinski definition) is 0. The molecule has 0 aliphatic carbocycles. The number of benzene rings is 1. The monoisotopic (exact) mass is 305 g/mol. The Morgan fingerprint density at radius 3 is 2.59 bits per heavy atom. The first-order valence-corrected chi connectivity index (χ1v) is 7.30. The molecule has 6 nitrogen and oxygen atoms in total. The molecule has 0 radical (unpaired) electrons. The largest absolute Gasteiger partial charge is 0.466 e. The normalized spacial score (nSPS) is 10.7. The van der Waals surface area contributed by atoms with E-state index in [1.807, 2.05) is 24.5 Å². The molecule has 0 aliphatic heterocycles. The average molecular weight is 305 g/mol. The lowest BCUT2D eigenvalue weighted by Gasteiger charge is -2.02. The quantitative estimate of drug-likeness (QED) is 0.622. The number of methoxy groups -OCH3 is 1. The fraction of sp³-hybridized carbons (Fsp3) is 0.438. The maximum Gasteiger partial charge on any atom is 0.348 e. The number of ether oxygens (including phenoxy) is 2. The van der Waals surface area contributed by atoms with Gasteiger partial charge in [-0.25, -0.2) is 18.7 Å². The molecule has 2 rings (SSSR count). The summed E-state index contributed by atoms with van der Waals surface area (Å²) < 4.78 is 13.7. The number of nitrogens with zero attached hydrogens (tertiary/aromatic N) is 2. The van der Waals surface area contributed by atoms with Crippen LogP contribution in [0.15, 0.2) is 18.2 Å². The molecule has 0 unspecified atom stereocenters. The van der Waals surface area contributed by atoms with E-state index in [9.17, 15) is 9.59 Å². The SMILES string of the molecule is CCOC(=O)c1ccc2c(c1)n(CC(=O)OC)c(C)[n+]2CC. The third-order valence-electron chi connectivity index (χ3n) is 3.68. The molecule has 0 spiro atoms. The molecule has 0 bridgehead atoms. The maximum absolute atomic E-state index is 11.9. The third kappa shape index (κ3) is 2.81. The summed E-state index contributed by atoms with van der Waals surface area (Å²) in [6, 6.07) is 5.38. The molecule has 0 saturated carbocycles. The van der Waals surface area contributed by atoms with Gasteiger partial charge in [0.25, 0.3) is 5.82 Å². The molecule has 0 N–H and O–H groups in total. The fourth-order valence-corrected chi connectivity index (χ4v) is 2.60. The zero-order valence-corrected chi connectivity index (χ0v) is 13.4. The van der Waals surface area contributed by atoms with Gasteiger partial charge in [-0.05, 0) is 26.0 Å². The molecule has 22 heavy (non-hydrogen) atoms. The topological polar surface area (TPSA) is 61.4 Å². The van der Waals surface area contributed by atoms with Gasteiger partial charge in [-0.15, -0.1) is 0 Å². The first kappa shape index (κ1) is 16.0. The van der Waals surface area contributed by atoms with E-state index < -0.39 is 0 Å². The van der Waals surface area contributed by atoms with Crippen LogP contribution in [0.2, 0.25) is 0 Å². The number of esters is 2. The van der Waals surface area contributed by atoms with Crippen LogP contribution in [0.1, 0.15) is 30.0 Å².